The van der Waals surface area contributed by atoms with Crippen LogP contribution in [0.2, 0.25) is 0 Å². The van der Waals surface area contributed by atoms with Gasteiger partial charge >= 0.3 is 5.97 Å². The minimum absolute atomic E-state index is 0.186. The standard InChI is InChI=1S/C26H40BN3O5/c1-19(31)34-22-10-9-20(16-27)15-23(22)32-18-21-17-30(29-28-21)13-11-25(5,6)33-14-12-26(7,8)35-24(2,3)4/h9-10,15,17H,11-14,16,18H2,1-8H3. The summed E-state index contributed by atoms with van der Waals surface area (Å²) in [5.74, 6) is 0.360. The summed E-state index contributed by atoms with van der Waals surface area (Å²) >= 11 is 0. The zero-order valence-corrected chi connectivity index (χ0v) is 22.5. The third kappa shape index (κ3) is 10.8. The highest BCUT2D eigenvalue weighted by Gasteiger charge is 2.27. The molecule has 0 aliphatic rings. The largest absolute Gasteiger partial charge is 0.483 e. The molecule has 0 saturated heterocycles. The van der Waals surface area contributed by atoms with E-state index in [1.165, 1.54) is 6.92 Å². The number of carbonyl (C=O) groups excluding carboxylic acids is 1. The van der Waals surface area contributed by atoms with E-state index in [2.05, 4.69) is 58.8 Å². The van der Waals surface area contributed by atoms with Crippen LogP contribution in [0.4, 0.5) is 0 Å². The molecule has 0 aliphatic heterocycles. The highest BCUT2D eigenvalue weighted by molar-refractivity contribution is 6.08. The Morgan fingerprint density at radius 1 is 1.03 bits per heavy atom. The van der Waals surface area contributed by atoms with Crippen LogP contribution in [-0.2, 0) is 33.7 Å². The minimum atomic E-state index is -0.420. The number of hydrogen-bond acceptors (Lipinski definition) is 7. The van der Waals surface area contributed by atoms with Gasteiger partial charge < -0.3 is 18.9 Å². The second kappa shape index (κ2) is 12.0. The molecule has 2 radical (unpaired) electrons. The molecule has 0 bridgehead atoms. The zero-order chi connectivity index (χ0) is 26.3. The van der Waals surface area contributed by atoms with Gasteiger partial charge in [0.25, 0.3) is 0 Å². The smallest absolute Gasteiger partial charge is 0.308 e. The number of hydrogen-bond donors (Lipinski definition) is 0. The van der Waals surface area contributed by atoms with Gasteiger partial charge in [0.1, 0.15) is 12.3 Å². The monoisotopic (exact) mass is 485 g/mol. The molecule has 0 aliphatic carbocycles. The summed E-state index contributed by atoms with van der Waals surface area (Å²) in [6.45, 7) is 17.3. The van der Waals surface area contributed by atoms with E-state index in [1.54, 1.807) is 22.9 Å². The molecule has 0 unspecified atom stereocenters. The van der Waals surface area contributed by atoms with Crippen molar-refractivity contribution in [2.75, 3.05) is 6.61 Å². The second-order valence-corrected chi connectivity index (χ2v) is 10.9. The molecule has 0 spiro atoms. The molecule has 1 aromatic carbocycles. The Morgan fingerprint density at radius 2 is 1.74 bits per heavy atom. The number of carbonyl (C=O) groups is 1. The summed E-state index contributed by atoms with van der Waals surface area (Å²) in [4.78, 5) is 11.4. The van der Waals surface area contributed by atoms with Crippen LogP contribution in [0.1, 0.15) is 79.5 Å². The predicted molar refractivity (Wildman–Crippen MR) is 136 cm³/mol. The number of nitrogens with zero attached hydrogens (tertiary/aromatic N) is 3. The van der Waals surface area contributed by atoms with Crippen molar-refractivity contribution in [2.24, 2.45) is 0 Å². The summed E-state index contributed by atoms with van der Waals surface area (Å²) in [5.41, 5.74) is 0.769. The predicted octanol–water partition coefficient (Wildman–Crippen LogP) is 4.62. The van der Waals surface area contributed by atoms with E-state index in [0.717, 1.165) is 18.4 Å². The summed E-state index contributed by atoms with van der Waals surface area (Å²) in [7, 11) is 5.72. The zero-order valence-electron chi connectivity index (χ0n) is 22.5. The number of rotatable bonds is 13. The van der Waals surface area contributed by atoms with Crippen LogP contribution in [0.3, 0.4) is 0 Å². The maximum atomic E-state index is 11.4. The van der Waals surface area contributed by atoms with Crippen LogP contribution in [0.15, 0.2) is 24.4 Å². The van der Waals surface area contributed by atoms with Gasteiger partial charge in [-0.25, -0.2) is 0 Å². The van der Waals surface area contributed by atoms with Crippen molar-refractivity contribution in [1.29, 1.82) is 0 Å². The van der Waals surface area contributed by atoms with Gasteiger partial charge in [-0.05, 0) is 73.4 Å². The third-order valence-electron chi connectivity index (χ3n) is 5.18. The molecular weight excluding hydrogens is 445 g/mol. The minimum Gasteiger partial charge on any atom is -0.483 e. The number of benzene rings is 1. The molecule has 0 fully saturated rings. The molecule has 1 aromatic heterocycles. The van der Waals surface area contributed by atoms with Gasteiger partial charge in [0.05, 0.1) is 37.5 Å². The summed E-state index contributed by atoms with van der Waals surface area (Å²) < 4.78 is 25.1. The molecule has 2 rings (SSSR count). The van der Waals surface area contributed by atoms with Crippen molar-refractivity contribution < 1.29 is 23.7 Å². The molecule has 1 heterocycles. The van der Waals surface area contributed by atoms with Gasteiger partial charge in [-0.3, -0.25) is 9.48 Å². The van der Waals surface area contributed by atoms with Gasteiger partial charge in [0.2, 0.25) is 0 Å². The fraction of sp³-hybridized carbons (Fsp3) is 0.654. The first-order chi connectivity index (χ1) is 16.2. The van der Waals surface area contributed by atoms with E-state index in [0.29, 0.717) is 36.7 Å². The normalized spacial score (nSPS) is 12.6. The van der Waals surface area contributed by atoms with Crippen molar-refractivity contribution in [3.63, 3.8) is 0 Å². The lowest BCUT2D eigenvalue weighted by Crippen LogP contribution is -2.37. The van der Waals surface area contributed by atoms with Crippen molar-refractivity contribution in [3.05, 3.63) is 35.7 Å². The van der Waals surface area contributed by atoms with E-state index >= 15 is 0 Å². The van der Waals surface area contributed by atoms with E-state index < -0.39 is 5.97 Å². The molecule has 2 aromatic rings. The molecule has 35 heavy (non-hydrogen) atoms. The topological polar surface area (TPSA) is 84.7 Å². The van der Waals surface area contributed by atoms with Crippen LogP contribution in [-0.4, -0.2) is 52.2 Å². The average Bonchev–Trinajstić information content (AvgIpc) is 3.17. The lowest BCUT2D eigenvalue weighted by molar-refractivity contribution is -0.133. The number of ether oxygens (including phenoxy) is 4. The Balaban J connectivity index is 1.86. The number of aromatic nitrogens is 3. The summed E-state index contributed by atoms with van der Waals surface area (Å²) in [5, 5.41) is 8.39. The Bertz CT molecular complexity index is 966. The molecule has 0 N–H and O–H groups in total. The van der Waals surface area contributed by atoms with E-state index in [-0.39, 0.29) is 23.4 Å². The molecular formula is C26H40BN3O5. The van der Waals surface area contributed by atoms with Gasteiger partial charge in [-0.1, -0.05) is 23.2 Å². The molecule has 9 heteroatoms. The van der Waals surface area contributed by atoms with Crippen LogP contribution in [0, 0.1) is 0 Å². The fourth-order valence-electron chi connectivity index (χ4n) is 3.61. The molecule has 0 amide bonds. The maximum Gasteiger partial charge on any atom is 0.308 e. The first-order valence-corrected chi connectivity index (χ1v) is 12.1. The lowest BCUT2D eigenvalue weighted by atomic mass is 9.97. The van der Waals surface area contributed by atoms with Gasteiger partial charge in [-0.15, -0.1) is 5.10 Å². The maximum absolute atomic E-state index is 11.4. The van der Waals surface area contributed by atoms with Crippen molar-refractivity contribution in [3.8, 4) is 11.5 Å². The highest BCUT2D eigenvalue weighted by atomic mass is 16.6. The van der Waals surface area contributed by atoms with Gasteiger partial charge in [-0.2, -0.15) is 0 Å². The summed E-state index contributed by atoms with van der Waals surface area (Å²) in [6, 6.07) is 5.23. The SMILES string of the molecule is [B]Cc1ccc(OC(C)=O)c(OCc2cn(CCC(C)(C)OCCC(C)(C)OC(C)(C)C)nn2)c1. The lowest BCUT2D eigenvalue weighted by Gasteiger charge is -2.35. The van der Waals surface area contributed by atoms with Gasteiger partial charge in [0.15, 0.2) is 11.5 Å². The first kappa shape index (κ1) is 28.8. The van der Waals surface area contributed by atoms with Crippen molar-refractivity contribution in [1.82, 2.24) is 15.0 Å². The van der Waals surface area contributed by atoms with E-state index in [9.17, 15) is 4.79 Å². The van der Waals surface area contributed by atoms with E-state index in [1.807, 2.05) is 6.20 Å². The number of esters is 1. The van der Waals surface area contributed by atoms with Crippen molar-refractivity contribution >= 4 is 13.8 Å². The van der Waals surface area contributed by atoms with Crippen LogP contribution in [0.25, 0.3) is 0 Å². The Hall–Kier alpha value is -2.39. The van der Waals surface area contributed by atoms with E-state index in [4.69, 9.17) is 26.8 Å². The second-order valence-electron chi connectivity index (χ2n) is 10.9. The molecule has 0 atom stereocenters. The molecule has 192 valence electrons. The Morgan fingerprint density at radius 3 is 2.37 bits per heavy atom. The Labute approximate surface area is 211 Å². The Kier molecular flexibility index (Phi) is 9.92. The van der Waals surface area contributed by atoms with Crippen LogP contribution in [0.5, 0.6) is 11.5 Å². The fourth-order valence-corrected chi connectivity index (χ4v) is 3.61. The average molecular weight is 485 g/mol. The summed E-state index contributed by atoms with van der Waals surface area (Å²) in [6.07, 6.45) is 3.77. The third-order valence-corrected chi connectivity index (χ3v) is 5.18. The first-order valence-electron chi connectivity index (χ1n) is 12.1. The van der Waals surface area contributed by atoms with Crippen LogP contribution >= 0.6 is 0 Å². The quantitative estimate of drug-likeness (QED) is 0.233. The van der Waals surface area contributed by atoms with Crippen molar-refractivity contribution in [2.45, 2.75) is 105 Å². The molecule has 0 saturated carbocycles. The number of aryl methyl sites for hydroxylation is 1. The van der Waals surface area contributed by atoms with Crippen LogP contribution < -0.4 is 9.47 Å². The van der Waals surface area contributed by atoms with Gasteiger partial charge in [0, 0.05) is 13.5 Å². The highest BCUT2D eigenvalue weighted by Crippen LogP contribution is 2.29. The molecule has 8 nitrogen and oxygen atoms in total.